The van der Waals surface area contributed by atoms with Crippen LogP contribution in [0.4, 0.5) is 11.4 Å². The lowest BCUT2D eigenvalue weighted by molar-refractivity contribution is -0.384. The van der Waals surface area contributed by atoms with Gasteiger partial charge in [-0.15, -0.1) is 0 Å². The highest BCUT2D eigenvalue weighted by molar-refractivity contribution is 6.72. The molecule has 1 saturated heterocycles. The predicted octanol–water partition coefficient (Wildman–Crippen LogP) is 3.57. The molecule has 7 heteroatoms. The topological polar surface area (TPSA) is 79.5 Å². The number of piperidine rings is 1. The van der Waals surface area contributed by atoms with Crippen molar-refractivity contribution in [3.05, 3.63) is 28.6 Å². The van der Waals surface area contributed by atoms with E-state index in [1.165, 1.54) is 6.20 Å². The predicted molar refractivity (Wildman–Crippen MR) is 94.2 cm³/mol. The highest BCUT2D eigenvalue weighted by Crippen LogP contribution is 2.44. The van der Waals surface area contributed by atoms with E-state index in [9.17, 15) is 14.9 Å². The number of anilines is 1. The monoisotopic (exact) mass is 337 g/mol. The van der Waals surface area contributed by atoms with Gasteiger partial charge in [0, 0.05) is 19.3 Å². The Bertz CT molecular complexity index is 572. The van der Waals surface area contributed by atoms with Crippen molar-refractivity contribution in [1.82, 2.24) is 4.98 Å². The Labute approximate surface area is 138 Å². The summed E-state index contributed by atoms with van der Waals surface area (Å²) in [6.07, 6.45) is 6.03. The summed E-state index contributed by atoms with van der Waals surface area (Å²) in [6.45, 7) is 9.91. The molecule has 0 radical (unpaired) electrons. The average Bonchev–Trinajstić information content (AvgIpc) is 2.46. The van der Waals surface area contributed by atoms with E-state index in [0.29, 0.717) is 11.6 Å². The van der Waals surface area contributed by atoms with Gasteiger partial charge in [-0.05, 0) is 49.4 Å². The molecule has 0 amide bonds. The molecule has 1 aromatic rings. The second-order valence-corrected chi connectivity index (χ2v) is 12.2. The molecule has 0 aliphatic carbocycles. The van der Waals surface area contributed by atoms with Crippen LogP contribution in [0, 0.1) is 16.0 Å². The van der Waals surface area contributed by atoms with E-state index in [-0.39, 0.29) is 15.6 Å². The molecule has 2 rings (SSSR count). The van der Waals surface area contributed by atoms with Gasteiger partial charge >= 0.3 is 5.69 Å². The average molecular weight is 337 g/mol. The van der Waals surface area contributed by atoms with Crippen molar-refractivity contribution in [1.29, 1.82) is 0 Å². The summed E-state index contributed by atoms with van der Waals surface area (Å²) in [7, 11) is -2.24. The smallest absolute Gasteiger partial charge is 0.310 e. The second kappa shape index (κ2) is 6.57. The van der Waals surface area contributed by atoms with Crippen LogP contribution in [-0.4, -0.2) is 36.1 Å². The van der Waals surface area contributed by atoms with Crippen molar-refractivity contribution < 1.29 is 9.72 Å². The minimum Gasteiger partial charge on any atom is -0.432 e. The third kappa shape index (κ3) is 4.09. The first-order valence-corrected chi connectivity index (χ1v) is 11.1. The maximum atomic E-state index is 11.2. The first kappa shape index (κ1) is 17.9. The number of nitrogens with zero attached hydrogens (tertiary/aromatic N) is 3. The van der Waals surface area contributed by atoms with Gasteiger partial charge in [-0.2, -0.15) is 0 Å². The van der Waals surface area contributed by atoms with Crippen molar-refractivity contribution in [2.75, 3.05) is 18.0 Å². The molecule has 0 spiro atoms. The summed E-state index contributed by atoms with van der Waals surface area (Å²) in [6, 6.07) is 1.73. The van der Waals surface area contributed by atoms with E-state index < -0.39 is 8.32 Å². The number of hydrogen-bond acceptors (Lipinski definition) is 5. The zero-order valence-corrected chi connectivity index (χ0v) is 15.5. The maximum absolute atomic E-state index is 11.2. The molecule has 2 heterocycles. The summed E-state index contributed by atoms with van der Waals surface area (Å²) in [5.74, 6) is 0.449. The van der Waals surface area contributed by atoms with Gasteiger partial charge in [0.2, 0.25) is 0 Å². The molecule has 23 heavy (non-hydrogen) atoms. The fraction of sp³-hybridized carbons (Fsp3) is 0.688. The molecule has 1 aromatic heterocycles. The van der Waals surface area contributed by atoms with E-state index in [4.69, 9.17) is 0 Å². The van der Waals surface area contributed by atoms with Crippen LogP contribution in [0.15, 0.2) is 18.5 Å². The Morgan fingerprint density at radius 1 is 1.52 bits per heavy atom. The minimum atomic E-state index is -2.24. The molecular weight excluding hydrogens is 310 g/mol. The molecule has 0 bridgehead atoms. The fourth-order valence-electron chi connectivity index (χ4n) is 3.21. The Balaban J connectivity index is 2.15. The first-order valence-electron chi connectivity index (χ1n) is 8.17. The lowest BCUT2D eigenvalue weighted by Gasteiger charge is -2.41. The highest BCUT2D eigenvalue weighted by atomic mass is 28.4. The van der Waals surface area contributed by atoms with Crippen LogP contribution in [0.2, 0.25) is 18.1 Å². The SMILES string of the molecule is CC(C)(CC1CCCN(c2ccncc2[N+](=O)[O-])C1)[Si](C)(C)O. The van der Waals surface area contributed by atoms with E-state index in [1.54, 1.807) is 12.3 Å². The van der Waals surface area contributed by atoms with Crippen LogP contribution in [-0.2, 0) is 0 Å². The summed E-state index contributed by atoms with van der Waals surface area (Å²) < 4.78 is 0. The Hall–Kier alpha value is -1.47. The van der Waals surface area contributed by atoms with Crippen LogP contribution in [0.1, 0.15) is 33.1 Å². The summed E-state index contributed by atoms with van der Waals surface area (Å²) in [5, 5.41) is 11.2. The van der Waals surface area contributed by atoms with Gasteiger partial charge in [-0.3, -0.25) is 15.1 Å². The van der Waals surface area contributed by atoms with Crippen LogP contribution in [0.25, 0.3) is 0 Å². The van der Waals surface area contributed by atoms with Crippen molar-refractivity contribution >= 4 is 19.7 Å². The Morgan fingerprint density at radius 2 is 2.22 bits per heavy atom. The number of pyridine rings is 1. The molecule has 1 fully saturated rings. The molecule has 1 aliphatic rings. The van der Waals surface area contributed by atoms with Gasteiger partial charge in [-0.25, -0.2) is 0 Å². The van der Waals surface area contributed by atoms with Crippen molar-refractivity contribution in [3.63, 3.8) is 0 Å². The summed E-state index contributed by atoms with van der Waals surface area (Å²) in [4.78, 5) is 27.3. The molecule has 1 unspecified atom stereocenters. The quantitative estimate of drug-likeness (QED) is 0.505. The van der Waals surface area contributed by atoms with Gasteiger partial charge in [0.15, 0.2) is 8.32 Å². The first-order chi connectivity index (χ1) is 10.6. The lowest BCUT2D eigenvalue weighted by Crippen LogP contribution is -2.43. The summed E-state index contributed by atoms with van der Waals surface area (Å²) in [5.41, 5.74) is 0.734. The standard InChI is InChI=1S/C16H27N3O3Si/c1-16(2,23(3,4)22)10-13-6-5-9-18(12-13)14-7-8-17-11-15(14)19(20)21/h7-8,11,13,22H,5-6,9-10,12H2,1-4H3. The molecule has 0 aromatic carbocycles. The van der Waals surface area contributed by atoms with E-state index in [1.807, 2.05) is 13.1 Å². The van der Waals surface area contributed by atoms with Crippen LogP contribution >= 0.6 is 0 Å². The van der Waals surface area contributed by atoms with Crippen LogP contribution in [0.5, 0.6) is 0 Å². The van der Waals surface area contributed by atoms with Gasteiger partial charge < -0.3 is 9.70 Å². The van der Waals surface area contributed by atoms with Gasteiger partial charge in [0.1, 0.15) is 11.9 Å². The zero-order valence-electron chi connectivity index (χ0n) is 14.5. The molecule has 1 atom stereocenters. The highest BCUT2D eigenvalue weighted by Gasteiger charge is 2.40. The second-order valence-electron chi connectivity index (χ2n) is 7.72. The molecule has 128 valence electrons. The van der Waals surface area contributed by atoms with Crippen molar-refractivity contribution in [2.24, 2.45) is 5.92 Å². The molecule has 1 N–H and O–H groups in total. The Morgan fingerprint density at radius 3 is 2.83 bits per heavy atom. The Kier molecular flexibility index (Phi) is 5.10. The third-order valence-corrected chi connectivity index (χ3v) is 8.81. The van der Waals surface area contributed by atoms with E-state index >= 15 is 0 Å². The zero-order chi connectivity index (χ0) is 17.3. The van der Waals surface area contributed by atoms with Gasteiger partial charge in [0.25, 0.3) is 0 Å². The maximum Gasteiger partial charge on any atom is 0.310 e. The largest absolute Gasteiger partial charge is 0.432 e. The van der Waals surface area contributed by atoms with Crippen LogP contribution < -0.4 is 4.90 Å². The van der Waals surface area contributed by atoms with E-state index in [0.717, 1.165) is 32.4 Å². The number of rotatable bonds is 5. The van der Waals surface area contributed by atoms with Crippen molar-refractivity contribution in [3.8, 4) is 0 Å². The van der Waals surface area contributed by atoms with E-state index in [2.05, 4.69) is 23.7 Å². The lowest BCUT2D eigenvalue weighted by atomic mass is 9.89. The van der Waals surface area contributed by atoms with Gasteiger partial charge in [0.05, 0.1) is 4.92 Å². The van der Waals surface area contributed by atoms with Crippen LogP contribution in [0.3, 0.4) is 0 Å². The third-order valence-electron chi connectivity index (χ3n) is 5.29. The number of nitro groups is 1. The summed E-state index contributed by atoms with van der Waals surface area (Å²) >= 11 is 0. The molecular formula is C16H27N3O3Si. The molecule has 1 aliphatic heterocycles. The minimum absolute atomic E-state index is 0.0646. The van der Waals surface area contributed by atoms with Crippen molar-refractivity contribution in [2.45, 2.75) is 51.2 Å². The normalized spacial score (nSPS) is 19.7. The van der Waals surface area contributed by atoms with Gasteiger partial charge in [-0.1, -0.05) is 13.8 Å². The number of aromatic nitrogens is 1. The molecule has 0 saturated carbocycles. The fourth-order valence-corrected chi connectivity index (χ4v) is 4.00. The molecule has 6 nitrogen and oxygen atoms in total. The number of hydrogen-bond donors (Lipinski definition) is 1.